The Bertz CT molecular complexity index is 202. The van der Waals surface area contributed by atoms with Crippen LogP contribution >= 0.6 is 11.9 Å². The van der Waals surface area contributed by atoms with Gasteiger partial charge in [-0.25, -0.2) is 0 Å². The van der Waals surface area contributed by atoms with E-state index in [0.717, 1.165) is 18.8 Å². The summed E-state index contributed by atoms with van der Waals surface area (Å²) in [5, 5.41) is 0. The van der Waals surface area contributed by atoms with Crippen molar-refractivity contribution in [2.24, 2.45) is 5.41 Å². The third-order valence-corrected chi connectivity index (χ3v) is 3.93. The van der Waals surface area contributed by atoms with Crippen LogP contribution in [0, 0.1) is 5.41 Å². The van der Waals surface area contributed by atoms with E-state index in [0.29, 0.717) is 5.41 Å². The topological polar surface area (TPSA) is 6.48 Å². The number of hydrogen-bond acceptors (Lipinski definition) is 3. The summed E-state index contributed by atoms with van der Waals surface area (Å²) >= 11 is 1.89. The van der Waals surface area contributed by atoms with Gasteiger partial charge in [0, 0.05) is 18.8 Å². The van der Waals surface area contributed by atoms with Crippen LogP contribution in [0.1, 0.15) is 33.6 Å². The van der Waals surface area contributed by atoms with Gasteiger partial charge in [0.15, 0.2) is 0 Å². The van der Waals surface area contributed by atoms with E-state index in [1.54, 1.807) is 0 Å². The second-order valence-electron chi connectivity index (χ2n) is 5.61. The molecule has 2 nitrogen and oxygen atoms in total. The molecule has 0 saturated carbocycles. The fourth-order valence-electron chi connectivity index (χ4n) is 1.84. The molecule has 0 aromatic rings. The minimum atomic E-state index is 0.403. The van der Waals surface area contributed by atoms with Crippen LogP contribution in [0.3, 0.4) is 0 Å². The summed E-state index contributed by atoms with van der Waals surface area (Å²) in [4.78, 5) is 2.26. The number of hydrogen-bond donors (Lipinski definition) is 0. The molecular weight excluding hydrogens is 228 g/mol. The van der Waals surface area contributed by atoms with Gasteiger partial charge in [-0.3, -0.25) is 4.31 Å². The van der Waals surface area contributed by atoms with Gasteiger partial charge >= 0.3 is 0 Å². The monoisotopic (exact) mass is 258 g/mol. The molecule has 0 amide bonds. The predicted octanol–water partition coefficient (Wildman–Crippen LogP) is 3.51. The standard InChI is InChI=1S/C14H30N2S/c1-7-12-17-16(8-2)13-14(3,4)10-9-11-15(5)6/h7H,1,8-13H2,2-6H3. The molecule has 0 aromatic heterocycles. The van der Waals surface area contributed by atoms with E-state index in [1.807, 2.05) is 18.0 Å². The first-order chi connectivity index (χ1) is 7.91. The first kappa shape index (κ1) is 17.0. The Morgan fingerprint density at radius 3 is 2.41 bits per heavy atom. The lowest BCUT2D eigenvalue weighted by Crippen LogP contribution is -2.30. The van der Waals surface area contributed by atoms with Crippen LogP contribution in [0.5, 0.6) is 0 Å². The maximum Gasteiger partial charge on any atom is 0.0259 e. The molecule has 0 bridgehead atoms. The van der Waals surface area contributed by atoms with Crippen LogP contribution in [-0.4, -0.2) is 48.7 Å². The Labute approximate surface area is 113 Å². The molecule has 0 rings (SSSR count). The lowest BCUT2D eigenvalue weighted by molar-refractivity contribution is 0.242. The van der Waals surface area contributed by atoms with Crippen molar-refractivity contribution < 1.29 is 0 Å². The summed E-state index contributed by atoms with van der Waals surface area (Å²) < 4.78 is 2.46. The largest absolute Gasteiger partial charge is 0.309 e. The first-order valence-corrected chi connectivity index (χ1v) is 7.49. The third-order valence-electron chi connectivity index (χ3n) is 2.79. The van der Waals surface area contributed by atoms with Gasteiger partial charge in [0.2, 0.25) is 0 Å². The van der Waals surface area contributed by atoms with E-state index in [1.165, 1.54) is 19.4 Å². The third kappa shape index (κ3) is 9.69. The lowest BCUT2D eigenvalue weighted by atomic mass is 9.87. The van der Waals surface area contributed by atoms with Crippen LogP contribution in [0.4, 0.5) is 0 Å². The summed E-state index contributed by atoms with van der Waals surface area (Å²) in [6.45, 7) is 14.2. The average molecular weight is 258 g/mol. The van der Waals surface area contributed by atoms with Gasteiger partial charge in [-0.1, -0.05) is 38.8 Å². The minimum absolute atomic E-state index is 0.403. The van der Waals surface area contributed by atoms with Gasteiger partial charge in [-0.15, -0.1) is 6.58 Å². The van der Waals surface area contributed by atoms with Crippen molar-refractivity contribution in [3.63, 3.8) is 0 Å². The predicted molar refractivity (Wildman–Crippen MR) is 81.5 cm³/mol. The smallest absolute Gasteiger partial charge is 0.0259 e. The fraction of sp³-hybridized carbons (Fsp3) is 0.857. The summed E-state index contributed by atoms with van der Waals surface area (Å²) in [5.74, 6) is 1.02. The van der Waals surface area contributed by atoms with Crippen LogP contribution in [0.2, 0.25) is 0 Å². The van der Waals surface area contributed by atoms with Crippen LogP contribution in [-0.2, 0) is 0 Å². The molecule has 0 radical (unpaired) electrons. The highest BCUT2D eigenvalue weighted by Gasteiger charge is 2.20. The highest BCUT2D eigenvalue weighted by atomic mass is 32.2. The zero-order valence-corrected chi connectivity index (χ0v) is 13.1. The van der Waals surface area contributed by atoms with Gasteiger partial charge in [0.25, 0.3) is 0 Å². The Kier molecular flexibility index (Phi) is 9.01. The second-order valence-corrected chi connectivity index (χ2v) is 6.72. The molecule has 0 atom stereocenters. The summed E-state index contributed by atoms with van der Waals surface area (Å²) in [7, 11) is 4.29. The molecule has 17 heavy (non-hydrogen) atoms. The van der Waals surface area contributed by atoms with E-state index < -0.39 is 0 Å². The molecule has 0 fully saturated rings. The highest BCUT2D eigenvalue weighted by molar-refractivity contribution is 7.97. The summed E-state index contributed by atoms with van der Waals surface area (Å²) in [6.07, 6.45) is 4.55. The molecule has 102 valence electrons. The Hall–Kier alpha value is 0.01000. The van der Waals surface area contributed by atoms with Crippen LogP contribution in [0.25, 0.3) is 0 Å². The van der Waals surface area contributed by atoms with Gasteiger partial charge in [-0.2, -0.15) is 0 Å². The first-order valence-electron chi connectivity index (χ1n) is 6.55. The fourth-order valence-corrected chi connectivity index (χ4v) is 2.78. The zero-order chi connectivity index (χ0) is 13.3. The molecule has 0 aliphatic rings. The van der Waals surface area contributed by atoms with Crippen molar-refractivity contribution in [3.8, 4) is 0 Å². The van der Waals surface area contributed by atoms with Crippen molar-refractivity contribution in [3.05, 3.63) is 12.7 Å². The van der Waals surface area contributed by atoms with Gasteiger partial charge in [0.05, 0.1) is 0 Å². The van der Waals surface area contributed by atoms with Gasteiger partial charge in [-0.05, 0) is 38.9 Å². The maximum absolute atomic E-state index is 3.78. The molecule has 0 aromatic carbocycles. The molecule has 0 N–H and O–H groups in total. The molecule has 3 heteroatoms. The van der Waals surface area contributed by atoms with Crippen LogP contribution < -0.4 is 0 Å². The maximum atomic E-state index is 3.78. The Balaban J connectivity index is 3.97. The van der Waals surface area contributed by atoms with Crippen molar-refractivity contribution in [2.75, 3.05) is 39.5 Å². The molecular formula is C14H30N2S. The molecule has 0 saturated heterocycles. The molecule has 0 aliphatic heterocycles. The molecule has 0 unspecified atom stereocenters. The second kappa shape index (κ2) is 9.01. The van der Waals surface area contributed by atoms with Crippen molar-refractivity contribution >= 4 is 11.9 Å². The number of rotatable bonds is 10. The number of nitrogens with zero attached hydrogens (tertiary/aromatic N) is 2. The molecule has 0 aliphatic carbocycles. The van der Waals surface area contributed by atoms with Crippen molar-refractivity contribution in [2.45, 2.75) is 33.6 Å². The van der Waals surface area contributed by atoms with Crippen molar-refractivity contribution in [1.29, 1.82) is 0 Å². The quantitative estimate of drug-likeness (QED) is 0.437. The minimum Gasteiger partial charge on any atom is -0.309 e. The van der Waals surface area contributed by atoms with E-state index in [4.69, 9.17) is 0 Å². The van der Waals surface area contributed by atoms with Crippen LogP contribution in [0.15, 0.2) is 12.7 Å². The highest BCUT2D eigenvalue weighted by Crippen LogP contribution is 2.26. The lowest BCUT2D eigenvalue weighted by Gasteiger charge is -2.31. The van der Waals surface area contributed by atoms with Crippen molar-refractivity contribution in [1.82, 2.24) is 9.21 Å². The van der Waals surface area contributed by atoms with E-state index in [-0.39, 0.29) is 0 Å². The average Bonchev–Trinajstić information content (AvgIpc) is 2.23. The molecule has 0 heterocycles. The van der Waals surface area contributed by atoms with E-state index >= 15 is 0 Å². The Morgan fingerprint density at radius 1 is 1.29 bits per heavy atom. The van der Waals surface area contributed by atoms with Gasteiger partial charge in [0.1, 0.15) is 0 Å². The van der Waals surface area contributed by atoms with Gasteiger partial charge < -0.3 is 4.90 Å². The summed E-state index contributed by atoms with van der Waals surface area (Å²) in [5.41, 5.74) is 0.403. The zero-order valence-electron chi connectivity index (χ0n) is 12.3. The Morgan fingerprint density at radius 2 is 1.94 bits per heavy atom. The SMILES string of the molecule is C=CCSN(CC)CC(C)(C)CCCN(C)C. The van der Waals surface area contributed by atoms with E-state index in [2.05, 4.69) is 50.7 Å². The summed E-state index contributed by atoms with van der Waals surface area (Å²) in [6, 6.07) is 0. The van der Waals surface area contributed by atoms with E-state index in [9.17, 15) is 0 Å². The normalized spacial score (nSPS) is 12.4. The molecule has 0 spiro atoms.